The van der Waals surface area contributed by atoms with Gasteiger partial charge in [0, 0.05) is 48.4 Å². The molecule has 4 aromatic rings. The molecule has 35 heavy (non-hydrogen) atoms. The SMILES string of the molecule is Cc1nn(-c2ccc3nnc(C)n3n2)c(C)c1CCC(=O)N1CCN(Cc2cccc(I)c2)CC1. The van der Waals surface area contributed by atoms with Crippen LogP contribution in [-0.2, 0) is 17.8 Å². The summed E-state index contributed by atoms with van der Waals surface area (Å²) in [7, 11) is 0. The van der Waals surface area contributed by atoms with Gasteiger partial charge in [-0.3, -0.25) is 9.69 Å². The third kappa shape index (κ3) is 5.08. The number of rotatable bonds is 6. The van der Waals surface area contributed by atoms with Gasteiger partial charge >= 0.3 is 0 Å². The normalized spacial score (nSPS) is 14.7. The largest absolute Gasteiger partial charge is 0.340 e. The standard InChI is InChI=1S/C25H29IN8O/c1-17-22(18(2)33(29-17)24-9-8-23-28-27-19(3)34(23)30-24)7-10-25(35)32-13-11-31(12-14-32)16-20-5-4-6-21(26)15-20/h4-6,8-9,15H,7,10-14,16H2,1-3H3. The van der Waals surface area contributed by atoms with E-state index in [9.17, 15) is 4.79 Å². The second-order valence-electron chi connectivity index (χ2n) is 9.06. The first-order valence-electron chi connectivity index (χ1n) is 11.9. The van der Waals surface area contributed by atoms with E-state index >= 15 is 0 Å². The number of hydrogen-bond acceptors (Lipinski definition) is 6. The maximum absolute atomic E-state index is 13.0. The number of aromatic nitrogens is 6. The second-order valence-corrected chi connectivity index (χ2v) is 10.3. The summed E-state index contributed by atoms with van der Waals surface area (Å²) >= 11 is 2.35. The summed E-state index contributed by atoms with van der Waals surface area (Å²) in [6.07, 6.45) is 1.16. The average molecular weight is 584 g/mol. The molecule has 0 aliphatic carbocycles. The molecule has 1 amide bonds. The van der Waals surface area contributed by atoms with Gasteiger partial charge in [-0.15, -0.1) is 15.3 Å². The van der Waals surface area contributed by atoms with Gasteiger partial charge in [-0.25, -0.2) is 4.68 Å². The maximum atomic E-state index is 13.0. The predicted octanol–water partition coefficient (Wildman–Crippen LogP) is 3.12. The van der Waals surface area contributed by atoms with Gasteiger partial charge in [-0.05, 0) is 85.2 Å². The fourth-order valence-corrected chi connectivity index (χ4v) is 5.31. The van der Waals surface area contributed by atoms with Crippen LogP contribution in [0.4, 0.5) is 0 Å². The van der Waals surface area contributed by atoms with Crippen molar-refractivity contribution in [3.05, 3.63) is 68.3 Å². The summed E-state index contributed by atoms with van der Waals surface area (Å²) in [4.78, 5) is 17.4. The third-order valence-electron chi connectivity index (χ3n) is 6.67. The Morgan fingerprint density at radius 1 is 1.00 bits per heavy atom. The van der Waals surface area contributed by atoms with Crippen molar-refractivity contribution in [1.82, 2.24) is 39.4 Å². The molecule has 1 fully saturated rings. The molecular weight excluding hydrogens is 555 g/mol. The highest BCUT2D eigenvalue weighted by molar-refractivity contribution is 14.1. The first kappa shape index (κ1) is 23.9. The lowest BCUT2D eigenvalue weighted by Gasteiger charge is -2.35. The summed E-state index contributed by atoms with van der Waals surface area (Å²) in [5, 5.41) is 17.5. The van der Waals surface area contributed by atoms with Crippen LogP contribution in [0, 0.1) is 24.3 Å². The van der Waals surface area contributed by atoms with Crippen molar-refractivity contribution >= 4 is 34.1 Å². The topological polar surface area (TPSA) is 84.4 Å². The first-order valence-corrected chi connectivity index (χ1v) is 13.0. The van der Waals surface area contributed by atoms with E-state index < -0.39 is 0 Å². The minimum atomic E-state index is 0.213. The number of carbonyl (C=O) groups is 1. The van der Waals surface area contributed by atoms with Gasteiger partial charge in [0.25, 0.3) is 0 Å². The fraction of sp³-hybridized carbons (Fsp3) is 0.400. The number of fused-ring (bicyclic) bond motifs is 1. The Hall–Kier alpha value is -2.86. The molecule has 182 valence electrons. The molecule has 0 saturated carbocycles. The van der Waals surface area contributed by atoms with E-state index in [-0.39, 0.29) is 5.91 Å². The molecular formula is C25H29IN8O. The van der Waals surface area contributed by atoms with Crippen LogP contribution in [0.2, 0.25) is 0 Å². The monoisotopic (exact) mass is 584 g/mol. The van der Waals surface area contributed by atoms with Crippen molar-refractivity contribution in [3.63, 3.8) is 0 Å². The molecule has 3 aromatic heterocycles. The number of hydrogen-bond donors (Lipinski definition) is 0. The van der Waals surface area contributed by atoms with Crippen LogP contribution in [0.3, 0.4) is 0 Å². The zero-order valence-corrected chi connectivity index (χ0v) is 22.4. The summed E-state index contributed by atoms with van der Waals surface area (Å²) in [5.41, 5.74) is 5.08. The Bertz CT molecular complexity index is 1370. The number of piperazine rings is 1. The van der Waals surface area contributed by atoms with Crippen LogP contribution < -0.4 is 0 Å². The van der Waals surface area contributed by atoms with Crippen LogP contribution in [-0.4, -0.2) is 71.5 Å². The molecule has 0 bridgehead atoms. The Balaban J connectivity index is 1.19. The van der Waals surface area contributed by atoms with Crippen LogP contribution >= 0.6 is 22.6 Å². The summed E-state index contributed by atoms with van der Waals surface area (Å²) in [6, 6.07) is 12.4. The highest BCUT2D eigenvalue weighted by Crippen LogP contribution is 2.20. The lowest BCUT2D eigenvalue weighted by molar-refractivity contribution is -0.133. The van der Waals surface area contributed by atoms with Crippen molar-refractivity contribution < 1.29 is 4.79 Å². The molecule has 10 heteroatoms. The summed E-state index contributed by atoms with van der Waals surface area (Å²) < 4.78 is 4.82. The van der Waals surface area contributed by atoms with E-state index in [1.807, 2.05) is 42.5 Å². The zero-order chi connectivity index (χ0) is 24.5. The Morgan fingerprint density at radius 2 is 1.80 bits per heavy atom. The van der Waals surface area contributed by atoms with Crippen LogP contribution in [0.25, 0.3) is 11.5 Å². The van der Waals surface area contributed by atoms with Gasteiger partial charge in [-0.2, -0.15) is 9.61 Å². The van der Waals surface area contributed by atoms with Crippen molar-refractivity contribution in [2.45, 2.75) is 40.2 Å². The van der Waals surface area contributed by atoms with Crippen molar-refractivity contribution in [2.75, 3.05) is 26.2 Å². The van der Waals surface area contributed by atoms with Gasteiger partial charge in [0.05, 0.1) is 5.69 Å². The number of halogens is 1. The molecule has 0 radical (unpaired) electrons. The van der Waals surface area contributed by atoms with E-state index in [2.05, 4.69) is 67.1 Å². The smallest absolute Gasteiger partial charge is 0.222 e. The molecule has 4 heterocycles. The van der Waals surface area contributed by atoms with Crippen molar-refractivity contribution in [3.8, 4) is 5.82 Å². The van der Waals surface area contributed by atoms with Gasteiger partial charge in [-0.1, -0.05) is 12.1 Å². The number of aryl methyl sites for hydroxylation is 2. The molecule has 0 N–H and O–H groups in total. The fourth-order valence-electron chi connectivity index (χ4n) is 4.70. The van der Waals surface area contributed by atoms with E-state index in [1.165, 1.54) is 9.13 Å². The number of benzene rings is 1. The highest BCUT2D eigenvalue weighted by Gasteiger charge is 2.22. The highest BCUT2D eigenvalue weighted by atomic mass is 127. The van der Waals surface area contributed by atoms with E-state index in [0.717, 1.165) is 55.5 Å². The van der Waals surface area contributed by atoms with Gasteiger partial charge in [0.2, 0.25) is 5.91 Å². The van der Waals surface area contributed by atoms with E-state index in [1.54, 1.807) is 4.52 Å². The van der Waals surface area contributed by atoms with Crippen LogP contribution in [0.15, 0.2) is 36.4 Å². The Kier molecular flexibility index (Phi) is 6.83. The molecule has 1 aromatic carbocycles. The molecule has 1 saturated heterocycles. The second kappa shape index (κ2) is 10.0. The van der Waals surface area contributed by atoms with E-state index in [0.29, 0.717) is 24.3 Å². The van der Waals surface area contributed by atoms with Gasteiger partial charge in [0.1, 0.15) is 0 Å². The zero-order valence-electron chi connectivity index (χ0n) is 20.3. The quantitative estimate of drug-likeness (QED) is 0.324. The number of amides is 1. The first-order chi connectivity index (χ1) is 16.9. The Labute approximate surface area is 218 Å². The minimum Gasteiger partial charge on any atom is -0.340 e. The predicted molar refractivity (Wildman–Crippen MR) is 141 cm³/mol. The maximum Gasteiger partial charge on any atom is 0.222 e. The van der Waals surface area contributed by atoms with Crippen LogP contribution in [0.5, 0.6) is 0 Å². The molecule has 0 atom stereocenters. The van der Waals surface area contributed by atoms with Gasteiger partial charge in [0.15, 0.2) is 17.3 Å². The Morgan fingerprint density at radius 3 is 2.57 bits per heavy atom. The summed E-state index contributed by atoms with van der Waals surface area (Å²) in [5.74, 6) is 1.65. The van der Waals surface area contributed by atoms with Crippen molar-refractivity contribution in [2.24, 2.45) is 0 Å². The number of carbonyl (C=O) groups excluding carboxylic acids is 1. The molecule has 1 aliphatic rings. The van der Waals surface area contributed by atoms with Crippen molar-refractivity contribution in [1.29, 1.82) is 0 Å². The molecule has 5 rings (SSSR count). The third-order valence-corrected chi connectivity index (χ3v) is 7.34. The average Bonchev–Trinajstić information content (AvgIpc) is 3.36. The van der Waals surface area contributed by atoms with E-state index in [4.69, 9.17) is 5.10 Å². The number of nitrogens with zero attached hydrogens (tertiary/aromatic N) is 8. The lowest BCUT2D eigenvalue weighted by Crippen LogP contribution is -2.48. The summed E-state index contributed by atoms with van der Waals surface area (Å²) in [6.45, 7) is 10.2. The van der Waals surface area contributed by atoms with Crippen LogP contribution in [0.1, 0.15) is 34.8 Å². The molecule has 0 spiro atoms. The minimum absolute atomic E-state index is 0.213. The molecule has 1 aliphatic heterocycles. The molecule has 0 unspecified atom stereocenters. The van der Waals surface area contributed by atoms with Gasteiger partial charge < -0.3 is 4.90 Å². The lowest BCUT2D eigenvalue weighted by atomic mass is 10.1. The molecule has 9 nitrogen and oxygen atoms in total.